The van der Waals surface area contributed by atoms with Gasteiger partial charge in [-0.3, -0.25) is 10.2 Å². The minimum Gasteiger partial charge on any atom is -0.489 e. The molecule has 1 heterocycles. The summed E-state index contributed by atoms with van der Waals surface area (Å²) >= 11 is 3.41. The maximum atomic E-state index is 11.8. The van der Waals surface area contributed by atoms with Crippen LogP contribution in [0.3, 0.4) is 0 Å². The molecule has 1 amide bonds. The highest BCUT2D eigenvalue weighted by atomic mass is 79.9. The van der Waals surface area contributed by atoms with Crippen LogP contribution in [-0.2, 0) is 6.61 Å². The van der Waals surface area contributed by atoms with Crippen molar-refractivity contribution in [2.24, 2.45) is 5.84 Å². The predicted octanol–water partition coefficient (Wildman–Crippen LogP) is 2.74. The highest BCUT2D eigenvalue weighted by Crippen LogP contribution is 2.22. The van der Waals surface area contributed by atoms with E-state index in [0.717, 1.165) is 10.0 Å². The Balaban J connectivity index is 1.86. The second-order valence-electron chi connectivity index (χ2n) is 5.04. The van der Waals surface area contributed by atoms with Crippen molar-refractivity contribution in [3.63, 3.8) is 0 Å². The quantitative estimate of drug-likeness (QED) is 0.310. The number of carbonyl (C=O) groups is 1. The third kappa shape index (κ3) is 3.47. The Labute approximate surface area is 145 Å². The standard InChI is InChI=1S/C17H13BrN2O4/c18-12-3-1-2-10(6-12)9-23-13-5-4-11-7-14(16(21)20-19)17(22)24-15(11)8-13/h1-8H,9,19H2,(H,20,21). The smallest absolute Gasteiger partial charge is 0.349 e. The van der Waals surface area contributed by atoms with Gasteiger partial charge in [-0.1, -0.05) is 28.1 Å². The fourth-order valence-electron chi connectivity index (χ4n) is 2.21. The number of amides is 1. The number of hydrogen-bond acceptors (Lipinski definition) is 5. The number of hydrogen-bond donors (Lipinski definition) is 2. The zero-order chi connectivity index (χ0) is 17.1. The lowest BCUT2D eigenvalue weighted by Crippen LogP contribution is -2.33. The number of halogens is 1. The minimum atomic E-state index is -0.755. The van der Waals surface area contributed by atoms with Gasteiger partial charge in [-0.15, -0.1) is 0 Å². The lowest BCUT2D eigenvalue weighted by molar-refractivity contribution is 0.0950. The van der Waals surface area contributed by atoms with E-state index in [0.29, 0.717) is 23.3 Å². The number of carbonyl (C=O) groups excluding carboxylic acids is 1. The van der Waals surface area contributed by atoms with Gasteiger partial charge in [0.25, 0.3) is 5.91 Å². The Bertz CT molecular complexity index is 968. The maximum absolute atomic E-state index is 11.8. The third-order valence-corrected chi connectivity index (χ3v) is 3.87. The van der Waals surface area contributed by atoms with Crippen molar-refractivity contribution in [1.29, 1.82) is 0 Å². The van der Waals surface area contributed by atoms with E-state index in [9.17, 15) is 9.59 Å². The predicted molar refractivity (Wildman–Crippen MR) is 92.6 cm³/mol. The van der Waals surface area contributed by atoms with Crippen LogP contribution in [-0.4, -0.2) is 5.91 Å². The summed E-state index contributed by atoms with van der Waals surface area (Å²) in [5.41, 5.74) is 2.35. The lowest BCUT2D eigenvalue weighted by atomic mass is 10.1. The van der Waals surface area contributed by atoms with Crippen LogP contribution in [0.5, 0.6) is 5.75 Å². The molecule has 0 radical (unpaired) electrons. The zero-order valence-electron chi connectivity index (χ0n) is 12.4. The molecule has 0 saturated carbocycles. The zero-order valence-corrected chi connectivity index (χ0v) is 14.0. The van der Waals surface area contributed by atoms with Gasteiger partial charge in [-0.25, -0.2) is 10.6 Å². The molecule has 3 N–H and O–H groups in total. The van der Waals surface area contributed by atoms with Crippen LogP contribution in [0, 0.1) is 0 Å². The SMILES string of the molecule is NNC(=O)c1cc2ccc(OCc3cccc(Br)c3)cc2oc1=O. The van der Waals surface area contributed by atoms with Gasteiger partial charge < -0.3 is 9.15 Å². The van der Waals surface area contributed by atoms with Crippen LogP contribution in [0.25, 0.3) is 11.0 Å². The van der Waals surface area contributed by atoms with E-state index in [2.05, 4.69) is 15.9 Å². The molecule has 3 rings (SSSR count). The van der Waals surface area contributed by atoms with Gasteiger partial charge in [0, 0.05) is 15.9 Å². The molecule has 0 atom stereocenters. The number of ether oxygens (including phenoxy) is 1. The molecule has 122 valence electrons. The summed E-state index contributed by atoms with van der Waals surface area (Å²) in [5, 5.41) is 0.600. The minimum absolute atomic E-state index is 0.146. The number of fused-ring (bicyclic) bond motifs is 1. The molecule has 0 spiro atoms. The summed E-state index contributed by atoms with van der Waals surface area (Å²) in [6.07, 6.45) is 0. The molecule has 7 heteroatoms. The number of benzene rings is 2. The van der Waals surface area contributed by atoms with Crippen LogP contribution >= 0.6 is 15.9 Å². The van der Waals surface area contributed by atoms with Crippen molar-refractivity contribution in [1.82, 2.24) is 5.43 Å². The number of hydrazine groups is 1. The molecular formula is C17H13BrN2O4. The molecule has 1 aromatic heterocycles. The van der Waals surface area contributed by atoms with E-state index < -0.39 is 11.5 Å². The normalized spacial score (nSPS) is 10.6. The molecule has 0 unspecified atom stereocenters. The summed E-state index contributed by atoms with van der Waals surface area (Å²) in [5.74, 6) is 4.91. The van der Waals surface area contributed by atoms with Crippen LogP contribution in [0.1, 0.15) is 15.9 Å². The van der Waals surface area contributed by atoms with E-state index in [1.165, 1.54) is 6.07 Å². The highest BCUT2D eigenvalue weighted by molar-refractivity contribution is 9.10. The first-order chi connectivity index (χ1) is 11.6. The highest BCUT2D eigenvalue weighted by Gasteiger charge is 2.12. The number of rotatable bonds is 4. The fraction of sp³-hybridized carbons (Fsp3) is 0.0588. The Hall–Kier alpha value is -2.64. The van der Waals surface area contributed by atoms with Gasteiger partial charge in [-0.05, 0) is 35.9 Å². The first kappa shape index (κ1) is 16.2. The first-order valence-electron chi connectivity index (χ1n) is 7.03. The molecule has 6 nitrogen and oxygen atoms in total. The Morgan fingerprint density at radius 1 is 1.21 bits per heavy atom. The largest absolute Gasteiger partial charge is 0.489 e. The summed E-state index contributed by atoms with van der Waals surface area (Å²) < 4.78 is 11.9. The number of nitrogen functional groups attached to an aromatic ring is 1. The van der Waals surface area contributed by atoms with Gasteiger partial charge in [0.15, 0.2) is 0 Å². The Morgan fingerprint density at radius 2 is 2.04 bits per heavy atom. The first-order valence-corrected chi connectivity index (χ1v) is 7.82. The van der Waals surface area contributed by atoms with E-state index in [-0.39, 0.29) is 5.56 Å². The summed E-state index contributed by atoms with van der Waals surface area (Å²) in [6, 6.07) is 14.3. The van der Waals surface area contributed by atoms with Gasteiger partial charge in [0.2, 0.25) is 0 Å². The second-order valence-corrected chi connectivity index (χ2v) is 5.95. The van der Waals surface area contributed by atoms with Gasteiger partial charge in [0.1, 0.15) is 23.5 Å². The van der Waals surface area contributed by atoms with Crippen LogP contribution in [0.2, 0.25) is 0 Å². The summed E-state index contributed by atoms with van der Waals surface area (Å²) in [6.45, 7) is 0.378. The van der Waals surface area contributed by atoms with Gasteiger partial charge in [-0.2, -0.15) is 0 Å². The van der Waals surface area contributed by atoms with Crippen molar-refractivity contribution >= 4 is 32.8 Å². The topological polar surface area (TPSA) is 94.6 Å². The molecule has 0 fully saturated rings. The van der Waals surface area contributed by atoms with E-state index >= 15 is 0 Å². The lowest BCUT2D eigenvalue weighted by Gasteiger charge is -2.08. The monoisotopic (exact) mass is 388 g/mol. The van der Waals surface area contributed by atoms with Gasteiger partial charge in [0.05, 0.1) is 0 Å². The van der Waals surface area contributed by atoms with Crippen LogP contribution in [0.4, 0.5) is 0 Å². The molecule has 24 heavy (non-hydrogen) atoms. The van der Waals surface area contributed by atoms with Crippen molar-refractivity contribution in [3.05, 3.63) is 74.6 Å². The van der Waals surface area contributed by atoms with Crippen molar-refractivity contribution in [3.8, 4) is 5.75 Å². The van der Waals surface area contributed by atoms with E-state index in [1.54, 1.807) is 18.2 Å². The maximum Gasteiger partial charge on any atom is 0.349 e. The second kappa shape index (κ2) is 6.86. The van der Waals surface area contributed by atoms with E-state index in [4.69, 9.17) is 15.0 Å². The summed E-state index contributed by atoms with van der Waals surface area (Å²) in [4.78, 5) is 23.3. The van der Waals surface area contributed by atoms with Crippen molar-refractivity contribution < 1.29 is 13.9 Å². The summed E-state index contributed by atoms with van der Waals surface area (Å²) in [7, 11) is 0. The molecule has 0 bridgehead atoms. The molecule has 0 aliphatic heterocycles. The average molecular weight is 389 g/mol. The molecule has 0 aliphatic carbocycles. The Kier molecular flexibility index (Phi) is 4.64. The molecule has 3 aromatic rings. The number of nitrogens with one attached hydrogen (secondary N) is 1. The van der Waals surface area contributed by atoms with Crippen LogP contribution in [0.15, 0.2) is 62.2 Å². The molecule has 2 aromatic carbocycles. The van der Waals surface area contributed by atoms with E-state index in [1.807, 2.05) is 29.7 Å². The van der Waals surface area contributed by atoms with Crippen LogP contribution < -0.4 is 21.6 Å². The average Bonchev–Trinajstić information content (AvgIpc) is 2.58. The van der Waals surface area contributed by atoms with Crippen molar-refractivity contribution in [2.45, 2.75) is 6.61 Å². The molecule has 0 aliphatic rings. The van der Waals surface area contributed by atoms with Crippen molar-refractivity contribution in [2.75, 3.05) is 0 Å². The third-order valence-electron chi connectivity index (χ3n) is 3.38. The van der Waals surface area contributed by atoms with Gasteiger partial charge >= 0.3 is 5.63 Å². The number of nitrogens with two attached hydrogens (primary N) is 1. The molecule has 0 saturated heterocycles. The molecular weight excluding hydrogens is 376 g/mol. The Morgan fingerprint density at radius 3 is 2.79 bits per heavy atom. The fourth-order valence-corrected chi connectivity index (χ4v) is 2.66.